The summed E-state index contributed by atoms with van der Waals surface area (Å²) >= 11 is 6.14. The number of fused-ring (bicyclic) bond motifs is 1. The third kappa shape index (κ3) is 4.14. The first-order chi connectivity index (χ1) is 15.8. The molecule has 3 aromatic carbocycles. The van der Waals surface area contributed by atoms with E-state index in [1.165, 1.54) is 18.2 Å². The second-order valence-corrected chi connectivity index (χ2v) is 9.99. The van der Waals surface area contributed by atoms with Crippen LogP contribution in [0.15, 0.2) is 77.7 Å². The van der Waals surface area contributed by atoms with E-state index >= 15 is 0 Å². The van der Waals surface area contributed by atoms with Gasteiger partial charge in [0.25, 0.3) is 15.9 Å². The molecule has 170 valence electrons. The molecule has 0 N–H and O–H groups in total. The summed E-state index contributed by atoms with van der Waals surface area (Å²) in [6, 6.07) is 18.3. The molecule has 1 heterocycles. The number of sulfonamides is 1. The van der Waals surface area contributed by atoms with Crippen LogP contribution < -0.4 is 0 Å². The quantitative estimate of drug-likeness (QED) is 0.483. The highest BCUT2D eigenvalue weighted by Gasteiger charge is 2.50. The van der Waals surface area contributed by atoms with Crippen LogP contribution in [0, 0.1) is 6.92 Å². The van der Waals surface area contributed by atoms with Gasteiger partial charge < -0.3 is 4.74 Å². The molecule has 0 aliphatic carbocycles. The predicted molar refractivity (Wildman–Crippen MR) is 125 cm³/mol. The Morgan fingerprint density at radius 3 is 2.33 bits per heavy atom. The maximum absolute atomic E-state index is 13.8. The van der Waals surface area contributed by atoms with Gasteiger partial charge in [0.05, 0.1) is 17.5 Å². The predicted octanol–water partition coefficient (Wildman–Crippen LogP) is 4.88. The summed E-state index contributed by atoms with van der Waals surface area (Å²) in [4.78, 5) is 26.9. The van der Waals surface area contributed by atoms with Gasteiger partial charge in [-0.05, 0) is 49.2 Å². The van der Waals surface area contributed by atoms with Crippen LogP contribution in [0.25, 0.3) is 0 Å². The Kier molecular flexibility index (Phi) is 6.28. The summed E-state index contributed by atoms with van der Waals surface area (Å²) in [5, 5.41) is 0.260. The van der Waals surface area contributed by atoms with Crippen LogP contribution in [0.1, 0.15) is 45.9 Å². The van der Waals surface area contributed by atoms with Gasteiger partial charge in [-0.1, -0.05) is 65.7 Å². The molecule has 1 aliphatic heterocycles. The molecule has 0 fully saturated rings. The van der Waals surface area contributed by atoms with Crippen molar-refractivity contribution in [2.75, 3.05) is 6.61 Å². The Morgan fingerprint density at radius 2 is 1.70 bits per heavy atom. The van der Waals surface area contributed by atoms with Crippen molar-refractivity contribution in [3.8, 4) is 0 Å². The minimum atomic E-state index is -4.33. The number of aryl methyl sites for hydroxylation is 1. The minimum absolute atomic E-state index is 0.0459. The maximum atomic E-state index is 13.8. The Labute approximate surface area is 197 Å². The number of halogens is 1. The lowest BCUT2D eigenvalue weighted by atomic mass is 9.81. The number of ether oxygens (including phenoxy) is 1. The first kappa shape index (κ1) is 23.0. The third-order valence-corrected chi connectivity index (χ3v) is 7.62. The van der Waals surface area contributed by atoms with E-state index in [0.29, 0.717) is 11.1 Å². The largest absolute Gasteiger partial charge is 0.465 e. The van der Waals surface area contributed by atoms with Gasteiger partial charge in [0, 0.05) is 10.6 Å². The van der Waals surface area contributed by atoms with Gasteiger partial charge in [0.2, 0.25) is 0 Å². The first-order valence-electron chi connectivity index (χ1n) is 10.4. The number of rotatable bonds is 5. The van der Waals surface area contributed by atoms with E-state index in [0.717, 1.165) is 9.87 Å². The third-order valence-electron chi connectivity index (χ3n) is 5.61. The first-order valence-corrected chi connectivity index (χ1v) is 12.2. The summed E-state index contributed by atoms with van der Waals surface area (Å²) in [5.41, 5.74) is 1.82. The van der Waals surface area contributed by atoms with Gasteiger partial charge in [-0.15, -0.1) is 0 Å². The summed E-state index contributed by atoms with van der Waals surface area (Å²) in [7, 11) is -4.33. The van der Waals surface area contributed by atoms with E-state index in [1.54, 1.807) is 61.5 Å². The highest BCUT2D eigenvalue weighted by Crippen LogP contribution is 2.46. The average molecular weight is 484 g/mol. The van der Waals surface area contributed by atoms with Crippen LogP contribution in [0.2, 0.25) is 5.02 Å². The van der Waals surface area contributed by atoms with Crippen molar-refractivity contribution in [3.63, 3.8) is 0 Å². The molecule has 0 bridgehead atoms. The summed E-state index contributed by atoms with van der Waals surface area (Å²) in [6.07, 6.45) is 0. The van der Waals surface area contributed by atoms with E-state index in [2.05, 4.69) is 0 Å². The number of benzene rings is 3. The van der Waals surface area contributed by atoms with Crippen LogP contribution in [-0.2, 0) is 19.6 Å². The average Bonchev–Trinajstić information content (AvgIpc) is 2.80. The fourth-order valence-electron chi connectivity index (χ4n) is 4.08. The molecule has 0 radical (unpaired) electrons. The summed E-state index contributed by atoms with van der Waals surface area (Å²) in [6.45, 7) is 3.62. The number of nitrogens with zero attached hydrogens (tertiary/aromatic N) is 1. The Morgan fingerprint density at radius 1 is 1.03 bits per heavy atom. The zero-order valence-corrected chi connectivity index (χ0v) is 19.6. The number of amides is 1. The smallest absolute Gasteiger partial charge is 0.315 e. The van der Waals surface area contributed by atoms with Crippen LogP contribution in [0.5, 0.6) is 0 Å². The van der Waals surface area contributed by atoms with E-state index in [-0.39, 0.29) is 22.1 Å². The summed E-state index contributed by atoms with van der Waals surface area (Å²) in [5.74, 6) is -2.42. The van der Waals surface area contributed by atoms with Crippen molar-refractivity contribution in [2.24, 2.45) is 0 Å². The highest BCUT2D eigenvalue weighted by atomic mass is 35.5. The molecule has 2 atom stereocenters. The van der Waals surface area contributed by atoms with Crippen molar-refractivity contribution in [3.05, 3.63) is 100 Å². The molecule has 1 aliphatic rings. The topological polar surface area (TPSA) is 80.8 Å². The zero-order valence-electron chi connectivity index (χ0n) is 18.1. The van der Waals surface area contributed by atoms with E-state index in [4.69, 9.17) is 16.3 Å². The molecule has 0 unspecified atom stereocenters. The molecule has 6 nitrogen and oxygen atoms in total. The van der Waals surface area contributed by atoms with Gasteiger partial charge >= 0.3 is 5.97 Å². The van der Waals surface area contributed by atoms with E-state index in [1.807, 2.05) is 6.92 Å². The van der Waals surface area contributed by atoms with Crippen LogP contribution >= 0.6 is 11.6 Å². The van der Waals surface area contributed by atoms with Gasteiger partial charge in [-0.2, -0.15) is 0 Å². The van der Waals surface area contributed by atoms with Crippen LogP contribution in [0.4, 0.5) is 0 Å². The van der Waals surface area contributed by atoms with Crippen molar-refractivity contribution in [1.82, 2.24) is 4.31 Å². The Bertz CT molecular complexity index is 1310. The Hall–Kier alpha value is -3.16. The van der Waals surface area contributed by atoms with Crippen molar-refractivity contribution in [1.29, 1.82) is 0 Å². The van der Waals surface area contributed by atoms with Crippen molar-refractivity contribution < 1.29 is 22.7 Å². The van der Waals surface area contributed by atoms with Crippen LogP contribution in [0.3, 0.4) is 0 Å². The molecule has 4 rings (SSSR count). The fraction of sp³-hybridized carbons (Fsp3) is 0.200. The summed E-state index contributed by atoms with van der Waals surface area (Å²) < 4.78 is 33.8. The molecule has 0 saturated heterocycles. The van der Waals surface area contributed by atoms with Gasteiger partial charge in [-0.25, -0.2) is 12.7 Å². The normalized spacial score (nSPS) is 18.0. The number of esters is 1. The lowest BCUT2D eigenvalue weighted by Gasteiger charge is -2.40. The molecule has 33 heavy (non-hydrogen) atoms. The van der Waals surface area contributed by atoms with Gasteiger partial charge in [0.15, 0.2) is 0 Å². The Balaban J connectivity index is 2.01. The second-order valence-electron chi connectivity index (χ2n) is 7.74. The van der Waals surface area contributed by atoms with Gasteiger partial charge in [0.1, 0.15) is 5.92 Å². The molecule has 0 aromatic heterocycles. The number of carbonyl (C=O) groups excluding carboxylic acids is 2. The lowest BCUT2D eigenvalue weighted by molar-refractivity contribution is -0.146. The molecular weight excluding hydrogens is 462 g/mol. The molecule has 0 spiro atoms. The standard InChI is InChI=1S/C25H22ClNO5S/c1-3-32-25(29)22-20-14-11-18(26)15-21(20)24(28)27(23(22)17-7-5-4-6-8-17)33(30,31)19-12-9-16(2)10-13-19/h4-15,22-23H,3H2,1-2H3/t22-,23+/m1/s1. The highest BCUT2D eigenvalue weighted by molar-refractivity contribution is 7.89. The number of carbonyl (C=O) groups is 2. The van der Waals surface area contributed by atoms with Crippen molar-refractivity contribution >= 4 is 33.5 Å². The number of hydrogen-bond acceptors (Lipinski definition) is 5. The van der Waals surface area contributed by atoms with E-state index in [9.17, 15) is 18.0 Å². The molecular formula is C25H22ClNO5S. The van der Waals surface area contributed by atoms with Gasteiger partial charge in [-0.3, -0.25) is 9.59 Å². The molecule has 0 saturated carbocycles. The zero-order chi connectivity index (χ0) is 23.8. The SMILES string of the molecule is CCOC(=O)[C@@H]1c2ccc(Cl)cc2C(=O)N(S(=O)(=O)c2ccc(C)cc2)[C@H]1c1ccccc1. The maximum Gasteiger partial charge on any atom is 0.315 e. The molecule has 3 aromatic rings. The second kappa shape index (κ2) is 9.00. The molecule has 8 heteroatoms. The van der Waals surface area contributed by atoms with Crippen LogP contribution in [-0.4, -0.2) is 31.2 Å². The number of hydrogen-bond donors (Lipinski definition) is 0. The fourth-order valence-corrected chi connectivity index (χ4v) is 5.82. The molecule has 1 amide bonds. The van der Waals surface area contributed by atoms with E-state index < -0.39 is 33.9 Å². The van der Waals surface area contributed by atoms with Crippen molar-refractivity contribution in [2.45, 2.75) is 30.7 Å². The lowest BCUT2D eigenvalue weighted by Crippen LogP contribution is -2.48. The monoisotopic (exact) mass is 483 g/mol. The minimum Gasteiger partial charge on any atom is -0.465 e.